The molecule has 2 aliphatic heterocycles. The van der Waals surface area contributed by atoms with Gasteiger partial charge in [0.1, 0.15) is 22.5 Å². The zero-order valence-electron chi connectivity index (χ0n) is 18.8. The molecule has 0 aromatic carbocycles. The van der Waals surface area contributed by atoms with Crippen LogP contribution in [0.25, 0.3) is 10.4 Å². The average Bonchev–Trinajstić information content (AvgIpc) is 3.42. The first-order valence-corrected chi connectivity index (χ1v) is 11.7. The largest absolute Gasteiger partial charge is 0.477 e. The molecule has 1 saturated heterocycles. The van der Waals surface area contributed by atoms with Gasteiger partial charge >= 0.3 is 5.97 Å². The number of ketones is 1. The van der Waals surface area contributed by atoms with Crippen molar-refractivity contribution in [1.29, 1.82) is 0 Å². The van der Waals surface area contributed by atoms with Gasteiger partial charge in [0.25, 0.3) is 5.91 Å². The number of pyridine rings is 1. The Morgan fingerprint density at radius 1 is 1.34 bits per heavy atom. The van der Waals surface area contributed by atoms with Gasteiger partial charge in [-0.2, -0.15) is 4.57 Å². The first-order chi connectivity index (χ1) is 16.6. The second-order valence-electron chi connectivity index (χ2n) is 8.78. The van der Waals surface area contributed by atoms with Crippen LogP contribution in [0.15, 0.2) is 42.7 Å². The molecule has 0 spiro atoms. The fraction of sp³-hybridized carbons (Fsp3) is 0.304. The van der Waals surface area contributed by atoms with E-state index in [1.807, 2.05) is 6.92 Å². The Hall–Kier alpha value is -3.90. The SMILES string of the molecule is CC(O)C1C(=O)N2C(C(=O)O)=C(c3cn4cnc(C(=O)c5ccc[n+](CC(N)=O)c5)c4s3)[C@H](C)C12. The maximum Gasteiger partial charge on any atom is 0.352 e. The van der Waals surface area contributed by atoms with E-state index in [-0.39, 0.29) is 29.6 Å². The van der Waals surface area contributed by atoms with Crippen LogP contribution in [0.5, 0.6) is 0 Å². The molecule has 1 fully saturated rings. The molecule has 0 radical (unpaired) electrons. The maximum atomic E-state index is 13.2. The number of rotatable bonds is 7. The molecule has 5 heterocycles. The van der Waals surface area contributed by atoms with Gasteiger partial charge in [0.05, 0.1) is 28.5 Å². The Balaban J connectivity index is 1.54. The van der Waals surface area contributed by atoms with E-state index in [0.29, 0.717) is 20.8 Å². The summed E-state index contributed by atoms with van der Waals surface area (Å²) in [6.07, 6.45) is 5.42. The zero-order valence-corrected chi connectivity index (χ0v) is 19.6. The molecular weight excluding hydrogens is 474 g/mol. The Kier molecular flexibility index (Phi) is 5.29. The van der Waals surface area contributed by atoms with Gasteiger partial charge in [-0.15, -0.1) is 11.3 Å². The molecule has 2 aliphatic rings. The van der Waals surface area contributed by atoms with Gasteiger partial charge in [0.15, 0.2) is 12.4 Å². The molecule has 0 aliphatic carbocycles. The molecule has 3 unspecified atom stereocenters. The second kappa shape index (κ2) is 8.10. The predicted molar refractivity (Wildman–Crippen MR) is 122 cm³/mol. The number of aliphatic hydroxyl groups is 1. The monoisotopic (exact) mass is 496 g/mol. The predicted octanol–water partition coefficient (Wildman–Crippen LogP) is 0.0528. The smallest absolute Gasteiger partial charge is 0.352 e. The number of hydrogen-bond donors (Lipinski definition) is 3. The van der Waals surface area contributed by atoms with Gasteiger partial charge in [-0.3, -0.25) is 18.8 Å². The van der Waals surface area contributed by atoms with Crippen LogP contribution in [0.4, 0.5) is 0 Å². The number of thiazole rings is 1. The quantitative estimate of drug-likeness (QED) is 0.237. The van der Waals surface area contributed by atoms with Crippen molar-refractivity contribution in [3.8, 4) is 0 Å². The summed E-state index contributed by atoms with van der Waals surface area (Å²) in [4.78, 5) is 55.8. The van der Waals surface area contributed by atoms with Gasteiger partial charge in [0, 0.05) is 23.8 Å². The van der Waals surface area contributed by atoms with E-state index >= 15 is 0 Å². The Labute approximate surface area is 202 Å². The Bertz CT molecular complexity index is 1450. The molecule has 5 rings (SSSR count). The van der Waals surface area contributed by atoms with E-state index in [1.165, 1.54) is 40.3 Å². The minimum atomic E-state index is -1.22. The van der Waals surface area contributed by atoms with Crippen molar-refractivity contribution in [3.05, 3.63) is 58.9 Å². The first-order valence-electron chi connectivity index (χ1n) is 10.9. The molecule has 35 heavy (non-hydrogen) atoms. The summed E-state index contributed by atoms with van der Waals surface area (Å²) >= 11 is 1.21. The highest BCUT2D eigenvalue weighted by atomic mass is 32.1. The number of aliphatic hydroxyl groups excluding tert-OH is 1. The van der Waals surface area contributed by atoms with Crippen molar-refractivity contribution in [3.63, 3.8) is 0 Å². The average molecular weight is 497 g/mol. The van der Waals surface area contributed by atoms with Gasteiger partial charge in [-0.25, -0.2) is 9.78 Å². The van der Waals surface area contributed by atoms with Gasteiger partial charge in [0.2, 0.25) is 18.2 Å². The first kappa shape index (κ1) is 22.9. The van der Waals surface area contributed by atoms with Crippen molar-refractivity contribution in [2.45, 2.75) is 32.5 Å². The number of nitrogens with two attached hydrogens (primary N) is 1. The number of fused-ring (bicyclic) bond motifs is 2. The van der Waals surface area contributed by atoms with Crippen molar-refractivity contribution in [1.82, 2.24) is 14.3 Å². The van der Waals surface area contributed by atoms with Crippen LogP contribution in [0.1, 0.15) is 34.8 Å². The summed E-state index contributed by atoms with van der Waals surface area (Å²) in [5.41, 5.74) is 6.14. The van der Waals surface area contributed by atoms with E-state index in [1.54, 1.807) is 28.9 Å². The minimum Gasteiger partial charge on any atom is -0.477 e. The standard InChI is InChI=1S/C23H21N5O6S/c1-10-15(19(23(33)34)28-18(10)16(11(2)29)21(28)32)13-7-27-9-25-17(22(27)35-13)20(31)12-4-3-5-26(6-12)8-14(24)30/h3-7,9-11,16,18,29H,8H2,1-2H3,(H2-,24,30,33,34)/p+1/t10-,11?,16?,18?/m0/s1. The van der Waals surface area contributed by atoms with Crippen molar-refractivity contribution in [2.75, 3.05) is 0 Å². The van der Waals surface area contributed by atoms with Crippen LogP contribution in [0, 0.1) is 11.8 Å². The highest BCUT2D eigenvalue weighted by Crippen LogP contribution is 2.51. The van der Waals surface area contributed by atoms with Crippen molar-refractivity contribution in [2.24, 2.45) is 17.6 Å². The third-order valence-electron chi connectivity index (χ3n) is 6.53. The fourth-order valence-electron chi connectivity index (χ4n) is 5.04. The van der Waals surface area contributed by atoms with E-state index < -0.39 is 35.8 Å². The van der Waals surface area contributed by atoms with Crippen molar-refractivity contribution >= 4 is 45.3 Å². The summed E-state index contributed by atoms with van der Waals surface area (Å²) in [5.74, 6) is -3.51. The van der Waals surface area contributed by atoms with Crippen LogP contribution in [0.2, 0.25) is 0 Å². The van der Waals surface area contributed by atoms with Crippen LogP contribution in [0.3, 0.4) is 0 Å². The number of aromatic nitrogens is 3. The molecular formula is C23H22N5O6S+. The van der Waals surface area contributed by atoms with Gasteiger partial charge in [-0.05, 0) is 13.0 Å². The molecule has 4 N–H and O–H groups in total. The molecule has 2 amide bonds. The van der Waals surface area contributed by atoms with E-state index in [9.17, 15) is 29.4 Å². The Morgan fingerprint density at radius 3 is 2.74 bits per heavy atom. The molecule has 3 aromatic heterocycles. The lowest BCUT2D eigenvalue weighted by molar-refractivity contribution is -0.684. The number of carboxylic acids is 1. The summed E-state index contributed by atoms with van der Waals surface area (Å²) in [5, 5.41) is 20.0. The molecule has 180 valence electrons. The van der Waals surface area contributed by atoms with Crippen LogP contribution < -0.4 is 10.3 Å². The number of carboxylic acid groups (broad SMARTS) is 1. The van der Waals surface area contributed by atoms with E-state index in [4.69, 9.17) is 5.73 Å². The highest BCUT2D eigenvalue weighted by molar-refractivity contribution is 7.18. The number of carbonyl (C=O) groups excluding carboxylic acids is 3. The number of amides is 2. The summed E-state index contributed by atoms with van der Waals surface area (Å²) in [7, 11) is 0. The van der Waals surface area contributed by atoms with Gasteiger partial charge < -0.3 is 20.8 Å². The molecule has 3 aromatic rings. The number of hydrogen-bond acceptors (Lipinski definition) is 7. The number of nitrogens with zero attached hydrogens (tertiary/aromatic N) is 4. The van der Waals surface area contributed by atoms with E-state index in [2.05, 4.69) is 4.98 Å². The number of primary amides is 1. The van der Waals surface area contributed by atoms with E-state index in [0.717, 1.165) is 0 Å². The number of imidazole rings is 1. The number of carbonyl (C=O) groups is 4. The molecule has 11 nitrogen and oxygen atoms in total. The summed E-state index contributed by atoms with van der Waals surface area (Å²) in [6, 6.07) is 2.80. The third-order valence-corrected chi connectivity index (χ3v) is 7.67. The topological polar surface area (TPSA) is 159 Å². The molecule has 0 saturated carbocycles. The fourth-order valence-corrected chi connectivity index (χ4v) is 6.26. The summed E-state index contributed by atoms with van der Waals surface area (Å²) in [6.45, 7) is 3.29. The Morgan fingerprint density at radius 2 is 2.09 bits per heavy atom. The van der Waals surface area contributed by atoms with Crippen LogP contribution in [-0.4, -0.2) is 60.2 Å². The van der Waals surface area contributed by atoms with Crippen molar-refractivity contribution < 1.29 is 34.0 Å². The molecule has 0 bridgehead atoms. The maximum absolute atomic E-state index is 13.2. The normalized spacial score (nSPS) is 22.3. The van der Waals surface area contributed by atoms with Gasteiger partial charge in [-0.1, -0.05) is 6.92 Å². The lowest BCUT2D eigenvalue weighted by Crippen LogP contribution is -2.63. The van der Waals surface area contributed by atoms with Crippen LogP contribution in [-0.2, 0) is 20.9 Å². The highest BCUT2D eigenvalue weighted by Gasteiger charge is 2.60. The summed E-state index contributed by atoms with van der Waals surface area (Å²) < 4.78 is 3.16. The molecule has 12 heteroatoms. The second-order valence-corrected chi connectivity index (χ2v) is 9.81. The molecule has 4 atom stereocenters. The zero-order chi connectivity index (χ0) is 25.2. The minimum absolute atomic E-state index is 0.0727. The van der Waals surface area contributed by atoms with Crippen LogP contribution >= 0.6 is 11.3 Å². The number of aliphatic carboxylic acids is 1. The lowest BCUT2D eigenvalue weighted by atomic mass is 9.77. The third kappa shape index (κ3) is 3.44. The lowest BCUT2D eigenvalue weighted by Gasteiger charge is -2.46. The number of β-lactam (4-membered cyclic amide) rings is 1.